The van der Waals surface area contributed by atoms with E-state index < -0.39 is 5.54 Å². The predicted molar refractivity (Wildman–Crippen MR) is 100 cm³/mol. The van der Waals surface area contributed by atoms with Crippen molar-refractivity contribution in [3.05, 3.63) is 84.4 Å². The Morgan fingerprint density at radius 3 is 1.92 bits per heavy atom. The summed E-state index contributed by atoms with van der Waals surface area (Å²) in [5, 5.41) is 0. The molecular formula is C22H21F2N. The summed E-state index contributed by atoms with van der Waals surface area (Å²) >= 11 is 0. The zero-order chi connectivity index (χ0) is 18.0. The van der Waals surface area contributed by atoms with Crippen molar-refractivity contribution >= 4 is 11.4 Å². The molecule has 1 nitrogen and oxygen atoms in total. The fraction of sp³-hybridized carbons (Fsp3) is 0.182. The van der Waals surface area contributed by atoms with E-state index in [1.165, 1.54) is 12.1 Å². The third-order valence-electron chi connectivity index (χ3n) is 4.06. The first-order valence-electron chi connectivity index (χ1n) is 8.28. The van der Waals surface area contributed by atoms with Crippen molar-refractivity contribution in [1.82, 2.24) is 0 Å². The minimum absolute atomic E-state index is 0.359. The van der Waals surface area contributed by atoms with Gasteiger partial charge in [-0.3, -0.25) is 0 Å². The Labute approximate surface area is 147 Å². The van der Waals surface area contributed by atoms with Gasteiger partial charge >= 0.3 is 0 Å². The molecular weight excluding hydrogens is 316 g/mol. The van der Waals surface area contributed by atoms with Gasteiger partial charge in [-0.1, -0.05) is 54.6 Å². The van der Waals surface area contributed by atoms with Gasteiger partial charge in [0.05, 0.1) is 11.4 Å². The highest BCUT2D eigenvalue weighted by atomic mass is 19.1. The monoisotopic (exact) mass is 337 g/mol. The average molecular weight is 337 g/mol. The van der Waals surface area contributed by atoms with E-state index in [2.05, 4.69) is 0 Å². The van der Waals surface area contributed by atoms with Crippen molar-refractivity contribution < 1.29 is 8.78 Å². The smallest absolute Gasteiger partial charge is 0.147 e. The normalized spacial score (nSPS) is 11.4. The van der Waals surface area contributed by atoms with Gasteiger partial charge in [0.25, 0.3) is 0 Å². The minimum atomic E-state index is -0.520. The number of nitrogens with zero attached hydrogens (tertiary/aromatic N) is 1. The second-order valence-corrected chi connectivity index (χ2v) is 6.96. The zero-order valence-electron chi connectivity index (χ0n) is 14.6. The van der Waals surface area contributed by atoms with Crippen LogP contribution in [0.15, 0.2) is 72.8 Å². The van der Waals surface area contributed by atoms with Crippen molar-refractivity contribution in [2.45, 2.75) is 26.3 Å². The maximum absolute atomic E-state index is 15.0. The molecule has 25 heavy (non-hydrogen) atoms. The predicted octanol–water partition coefficient (Wildman–Crippen LogP) is 6.57. The van der Waals surface area contributed by atoms with E-state index >= 15 is 0 Å². The van der Waals surface area contributed by atoms with Crippen LogP contribution in [0.3, 0.4) is 0 Å². The van der Waals surface area contributed by atoms with Crippen molar-refractivity contribution in [3.63, 3.8) is 0 Å². The highest BCUT2D eigenvalue weighted by Gasteiger charge is 2.30. The Morgan fingerprint density at radius 2 is 1.28 bits per heavy atom. The van der Waals surface area contributed by atoms with Crippen LogP contribution in [0, 0.1) is 11.6 Å². The number of rotatable bonds is 3. The summed E-state index contributed by atoms with van der Waals surface area (Å²) in [6.45, 7) is 5.84. The van der Waals surface area contributed by atoms with Crippen LogP contribution in [0.2, 0.25) is 0 Å². The SMILES string of the molecule is CC(C)(C)N(c1ccccc1F)c1c(F)cccc1-c1ccccc1. The average Bonchev–Trinajstić information content (AvgIpc) is 2.58. The van der Waals surface area contributed by atoms with Gasteiger partial charge < -0.3 is 4.90 Å². The second-order valence-electron chi connectivity index (χ2n) is 6.96. The lowest BCUT2D eigenvalue weighted by molar-refractivity contribution is 0.527. The molecule has 0 amide bonds. The molecule has 3 rings (SSSR count). The van der Waals surface area contributed by atoms with E-state index in [0.717, 1.165) is 11.1 Å². The van der Waals surface area contributed by atoms with E-state index in [1.807, 2.05) is 57.2 Å². The molecule has 0 N–H and O–H groups in total. The van der Waals surface area contributed by atoms with Gasteiger partial charge in [-0.2, -0.15) is 0 Å². The van der Waals surface area contributed by atoms with Crippen molar-refractivity contribution in [1.29, 1.82) is 0 Å². The van der Waals surface area contributed by atoms with Crippen molar-refractivity contribution in [2.75, 3.05) is 4.90 Å². The van der Waals surface area contributed by atoms with Crippen LogP contribution in [0.5, 0.6) is 0 Å². The summed E-state index contributed by atoms with van der Waals surface area (Å²) in [6.07, 6.45) is 0. The molecule has 0 radical (unpaired) electrons. The van der Waals surface area contributed by atoms with Crippen LogP contribution in [0.1, 0.15) is 20.8 Å². The van der Waals surface area contributed by atoms with E-state index in [1.54, 1.807) is 29.2 Å². The molecule has 0 aliphatic heterocycles. The van der Waals surface area contributed by atoms with Crippen LogP contribution in [0.4, 0.5) is 20.2 Å². The van der Waals surface area contributed by atoms with Gasteiger partial charge in [-0.05, 0) is 44.5 Å². The van der Waals surface area contributed by atoms with Crippen LogP contribution in [-0.4, -0.2) is 5.54 Å². The Morgan fingerprint density at radius 1 is 0.680 bits per heavy atom. The summed E-state index contributed by atoms with van der Waals surface area (Å²) < 4.78 is 29.5. The van der Waals surface area contributed by atoms with E-state index in [4.69, 9.17) is 0 Å². The lowest BCUT2D eigenvalue weighted by atomic mass is 9.97. The van der Waals surface area contributed by atoms with Gasteiger partial charge in [0.15, 0.2) is 0 Å². The lowest BCUT2D eigenvalue weighted by Gasteiger charge is -2.39. The number of halogens is 2. The second kappa shape index (κ2) is 6.67. The number of hydrogen-bond acceptors (Lipinski definition) is 1. The first-order valence-corrected chi connectivity index (χ1v) is 8.28. The van der Waals surface area contributed by atoms with Crippen LogP contribution < -0.4 is 4.90 Å². The van der Waals surface area contributed by atoms with Crippen molar-refractivity contribution in [3.8, 4) is 11.1 Å². The molecule has 0 saturated heterocycles. The third-order valence-corrected chi connectivity index (χ3v) is 4.06. The van der Waals surface area contributed by atoms with Crippen LogP contribution >= 0.6 is 0 Å². The molecule has 0 unspecified atom stereocenters. The maximum atomic E-state index is 15.0. The zero-order valence-corrected chi connectivity index (χ0v) is 14.6. The molecule has 0 aliphatic carbocycles. The Kier molecular flexibility index (Phi) is 4.58. The molecule has 0 spiro atoms. The number of hydrogen-bond donors (Lipinski definition) is 0. The first-order chi connectivity index (χ1) is 11.9. The van der Waals surface area contributed by atoms with E-state index in [0.29, 0.717) is 11.4 Å². The molecule has 0 aromatic heterocycles. The largest absolute Gasteiger partial charge is 0.331 e. The third kappa shape index (κ3) is 3.41. The lowest BCUT2D eigenvalue weighted by Crippen LogP contribution is -2.39. The van der Waals surface area contributed by atoms with E-state index in [9.17, 15) is 8.78 Å². The molecule has 0 aliphatic rings. The Bertz CT molecular complexity index is 867. The Balaban J connectivity index is 2.30. The summed E-state index contributed by atoms with van der Waals surface area (Å²) in [7, 11) is 0. The molecule has 3 heteroatoms. The maximum Gasteiger partial charge on any atom is 0.147 e. The Hall–Kier alpha value is -2.68. The highest BCUT2D eigenvalue weighted by molar-refractivity contribution is 5.83. The molecule has 0 bridgehead atoms. The molecule has 0 heterocycles. The van der Waals surface area contributed by atoms with Gasteiger partial charge in [-0.15, -0.1) is 0 Å². The van der Waals surface area contributed by atoms with Crippen LogP contribution in [-0.2, 0) is 0 Å². The molecule has 0 fully saturated rings. The minimum Gasteiger partial charge on any atom is -0.331 e. The van der Waals surface area contributed by atoms with Gasteiger partial charge in [0.1, 0.15) is 11.6 Å². The fourth-order valence-corrected chi connectivity index (χ4v) is 3.04. The molecule has 0 saturated carbocycles. The topological polar surface area (TPSA) is 3.24 Å². The molecule has 3 aromatic rings. The van der Waals surface area contributed by atoms with Gasteiger partial charge in [-0.25, -0.2) is 8.78 Å². The van der Waals surface area contributed by atoms with Gasteiger partial charge in [0, 0.05) is 11.1 Å². The van der Waals surface area contributed by atoms with Crippen LogP contribution in [0.25, 0.3) is 11.1 Å². The molecule has 3 aromatic carbocycles. The first kappa shape index (κ1) is 17.2. The van der Waals surface area contributed by atoms with E-state index in [-0.39, 0.29) is 11.6 Å². The number of anilines is 2. The summed E-state index contributed by atoms with van der Waals surface area (Å²) in [5.74, 6) is -0.751. The number of para-hydroxylation sites is 2. The fourth-order valence-electron chi connectivity index (χ4n) is 3.04. The summed E-state index contributed by atoms with van der Waals surface area (Å²) in [6, 6.07) is 21.1. The summed E-state index contributed by atoms with van der Waals surface area (Å²) in [5.41, 5.74) is 1.85. The molecule has 128 valence electrons. The summed E-state index contributed by atoms with van der Waals surface area (Å²) in [4.78, 5) is 1.74. The highest BCUT2D eigenvalue weighted by Crippen LogP contribution is 2.42. The van der Waals surface area contributed by atoms with Gasteiger partial charge in [0.2, 0.25) is 0 Å². The quantitative estimate of drug-likeness (QED) is 0.522. The molecule has 0 atom stereocenters. The standard InChI is InChI=1S/C22H21F2N/c1-22(2,3)25(20-15-8-7-13-18(20)23)21-17(12-9-14-19(21)24)16-10-5-4-6-11-16/h4-15H,1-3H3. The number of benzene rings is 3. The van der Waals surface area contributed by atoms with Crippen molar-refractivity contribution in [2.24, 2.45) is 0 Å².